The summed E-state index contributed by atoms with van der Waals surface area (Å²) in [6, 6.07) is 12.8. The first-order valence-electron chi connectivity index (χ1n) is 9.00. The van der Waals surface area contributed by atoms with Crippen molar-refractivity contribution < 1.29 is 39.4 Å². The molecule has 0 aromatic heterocycles. The van der Waals surface area contributed by atoms with E-state index in [1.807, 2.05) is 0 Å². The van der Waals surface area contributed by atoms with Crippen LogP contribution in [0.4, 0.5) is 0 Å². The Morgan fingerprint density at radius 3 is 1.96 bits per heavy atom. The van der Waals surface area contributed by atoms with Gasteiger partial charge in [0.05, 0.1) is 13.2 Å². The summed E-state index contributed by atoms with van der Waals surface area (Å²) in [5.41, 5.74) is 1.36. The molecule has 2 aromatic carbocycles. The smallest absolute Gasteiger partial charge is 0.184 e. The molecule has 0 amide bonds. The van der Waals surface area contributed by atoms with Gasteiger partial charge in [0.2, 0.25) is 0 Å². The summed E-state index contributed by atoms with van der Waals surface area (Å²) in [6.45, 7) is -0.358. The molecule has 150 valence electrons. The molecule has 8 heteroatoms. The Balaban J connectivity index is 1.55. The quantitative estimate of drug-likeness (QED) is 0.618. The van der Waals surface area contributed by atoms with Crippen LogP contribution in [0.3, 0.4) is 0 Å². The fourth-order valence-electron chi connectivity index (χ4n) is 3.37. The summed E-state index contributed by atoms with van der Waals surface area (Å²) < 4.78 is 23.7. The first-order chi connectivity index (χ1) is 13.5. The molecule has 2 aliphatic rings. The van der Waals surface area contributed by atoms with E-state index in [2.05, 4.69) is 0 Å². The summed E-state index contributed by atoms with van der Waals surface area (Å²) in [5, 5.41) is 38.7. The molecule has 2 fully saturated rings. The van der Waals surface area contributed by atoms with Crippen LogP contribution >= 0.6 is 0 Å². The molecule has 0 radical (unpaired) electrons. The molecule has 0 bridgehead atoms. The van der Waals surface area contributed by atoms with Crippen molar-refractivity contribution in [2.45, 2.75) is 37.0 Å². The number of phenolic OH excluding ortho intramolecular Hbond substituents is 2. The van der Waals surface area contributed by atoms with Gasteiger partial charge >= 0.3 is 0 Å². The van der Waals surface area contributed by atoms with Crippen LogP contribution in [0.1, 0.15) is 23.7 Å². The highest BCUT2D eigenvalue weighted by Gasteiger charge is 2.48. The lowest BCUT2D eigenvalue weighted by molar-refractivity contribution is -0.216. The second kappa shape index (κ2) is 8.04. The molecule has 28 heavy (non-hydrogen) atoms. The number of fused-ring (bicyclic) bond motifs is 1. The van der Waals surface area contributed by atoms with Gasteiger partial charge < -0.3 is 39.4 Å². The van der Waals surface area contributed by atoms with Crippen molar-refractivity contribution in [2.75, 3.05) is 13.2 Å². The first kappa shape index (κ1) is 19.1. The van der Waals surface area contributed by atoms with E-state index < -0.39 is 43.6 Å². The number of hydrogen-bond acceptors (Lipinski definition) is 8. The van der Waals surface area contributed by atoms with Crippen molar-refractivity contribution in [3.8, 4) is 11.5 Å². The largest absolute Gasteiger partial charge is 0.508 e. The van der Waals surface area contributed by atoms with Crippen molar-refractivity contribution in [3.05, 3.63) is 59.7 Å². The van der Waals surface area contributed by atoms with Gasteiger partial charge in [-0.05, 0) is 24.3 Å². The number of aliphatic hydroxyl groups is 2. The van der Waals surface area contributed by atoms with Crippen molar-refractivity contribution in [1.82, 2.24) is 0 Å². The van der Waals surface area contributed by atoms with Gasteiger partial charge in [0.15, 0.2) is 12.6 Å². The zero-order valence-electron chi connectivity index (χ0n) is 14.9. The standard InChI is InChI=1S/C20H22O8/c21-9-15(24)17-18-16(26-20(28-18)12-3-7-14(23)8-4-12)10-25-19(27-17)11-1-5-13(22)6-2-11/h1-8,15-24H,9-10H2/t15-,16+,17-,18-,19?,20?/m1/s1. The lowest BCUT2D eigenvalue weighted by atomic mass is 10.0. The Morgan fingerprint density at radius 1 is 0.821 bits per heavy atom. The predicted octanol–water partition coefficient (Wildman–Crippen LogP) is 1.35. The van der Waals surface area contributed by atoms with Crippen LogP contribution in [0.25, 0.3) is 0 Å². The van der Waals surface area contributed by atoms with Crippen molar-refractivity contribution in [3.63, 3.8) is 0 Å². The maximum Gasteiger partial charge on any atom is 0.184 e. The van der Waals surface area contributed by atoms with Crippen LogP contribution in [-0.2, 0) is 18.9 Å². The van der Waals surface area contributed by atoms with E-state index in [1.165, 1.54) is 24.3 Å². The minimum atomic E-state index is -1.20. The molecule has 4 rings (SSSR count). The zero-order valence-corrected chi connectivity index (χ0v) is 14.9. The fraction of sp³-hybridized carbons (Fsp3) is 0.400. The Bertz CT molecular complexity index is 778. The highest BCUT2D eigenvalue weighted by Crippen LogP contribution is 2.39. The van der Waals surface area contributed by atoms with Crippen LogP contribution in [0.2, 0.25) is 0 Å². The highest BCUT2D eigenvalue weighted by atomic mass is 16.8. The molecule has 2 aliphatic heterocycles. The van der Waals surface area contributed by atoms with E-state index in [1.54, 1.807) is 24.3 Å². The van der Waals surface area contributed by atoms with Crippen LogP contribution in [0.5, 0.6) is 11.5 Å². The van der Waals surface area contributed by atoms with Crippen LogP contribution in [0.15, 0.2) is 48.5 Å². The zero-order chi connectivity index (χ0) is 19.7. The predicted molar refractivity (Wildman–Crippen MR) is 95.4 cm³/mol. The monoisotopic (exact) mass is 390 g/mol. The van der Waals surface area contributed by atoms with Crippen LogP contribution in [0, 0.1) is 0 Å². The van der Waals surface area contributed by atoms with Crippen molar-refractivity contribution in [1.29, 1.82) is 0 Å². The van der Waals surface area contributed by atoms with E-state index in [-0.39, 0.29) is 18.1 Å². The van der Waals surface area contributed by atoms with Crippen LogP contribution < -0.4 is 0 Å². The van der Waals surface area contributed by atoms with Gasteiger partial charge in [0, 0.05) is 11.1 Å². The van der Waals surface area contributed by atoms with Gasteiger partial charge in [-0.3, -0.25) is 0 Å². The van der Waals surface area contributed by atoms with Gasteiger partial charge in [0.25, 0.3) is 0 Å². The molecule has 2 heterocycles. The summed E-state index contributed by atoms with van der Waals surface area (Å²) >= 11 is 0. The van der Waals surface area contributed by atoms with E-state index in [9.17, 15) is 20.4 Å². The Morgan fingerprint density at radius 2 is 1.39 bits per heavy atom. The fourth-order valence-corrected chi connectivity index (χ4v) is 3.37. The molecule has 4 N–H and O–H groups in total. The third kappa shape index (κ3) is 3.83. The number of phenols is 2. The van der Waals surface area contributed by atoms with E-state index in [4.69, 9.17) is 18.9 Å². The number of ether oxygens (including phenoxy) is 4. The molecule has 2 saturated heterocycles. The van der Waals surface area contributed by atoms with Gasteiger partial charge in [-0.15, -0.1) is 0 Å². The molecule has 8 nitrogen and oxygen atoms in total. The van der Waals surface area contributed by atoms with E-state index >= 15 is 0 Å². The molecule has 2 unspecified atom stereocenters. The average molecular weight is 390 g/mol. The van der Waals surface area contributed by atoms with Gasteiger partial charge in [-0.25, -0.2) is 0 Å². The SMILES string of the molecule is OC[C@@H](O)[C@H]1OC(c2ccc(O)cc2)OC[C@@H]2OC(c3ccc(O)cc3)O[C@@H]12. The number of aliphatic hydroxyl groups excluding tert-OH is 2. The topological polar surface area (TPSA) is 118 Å². The molecule has 0 spiro atoms. The second-order valence-electron chi connectivity index (χ2n) is 6.81. The Kier molecular flexibility index (Phi) is 5.49. The summed E-state index contributed by atoms with van der Waals surface area (Å²) in [5.74, 6) is 0.248. The van der Waals surface area contributed by atoms with E-state index in [0.29, 0.717) is 11.1 Å². The van der Waals surface area contributed by atoms with Crippen molar-refractivity contribution >= 4 is 0 Å². The molecule has 0 aliphatic carbocycles. The Labute approximate surface area is 161 Å². The Hall–Kier alpha value is -2.20. The third-order valence-corrected chi connectivity index (χ3v) is 4.86. The van der Waals surface area contributed by atoms with Crippen molar-refractivity contribution in [2.24, 2.45) is 0 Å². The molecular formula is C20H22O8. The average Bonchev–Trinajstić information content (AvgIpc) is 3.05. The van der Waals surface area contributed by atoms with Crippen LogP contribution in [-0.4, -0.2) is 58.1 Å². The first-order valence-corrected chi connectivity index (χ1v) is 9.00. The molecule has 2 aromatic rings. The highest BCUT2D eigenvalue weighted by molar-refractivity contribution is 5.28. The maximum absolute atomic E-state index is 10.3. The van der Waals surface area contributed by atoms with Gasteiger partial charge in [0.1, 0.15) is 35.9 Å². The van der Waals surface area contributed by atoms with E-state index in [0.717, 1.165) is 0 Å². The number of hydrogen-bond donors (Lipinski definition) is 4. The number of rotatable bonds is 4. The third-order valence-electron chi connectivity index (χ3n) is 4.86. The lowest BCUT2D eigenvalue weighted by Crippen LogP contribution is -2.45. The molecule has 0 saturated carbocycles. The minimum Gasteiger partial charge on any atom is -0.508 e. The number of aromatic hydroxyl groups is 2. The van der Waals surface area contributed by atoms with Gasteiger partial charge in [-0.1, -0.05) is 24.3 Å². The summed E-state index contributed by atoms with van der Waals surface area (Å²) in [4.78, 5) is 0. The van der Waals surface area contributed by atoms with Gasteiger partial charge in [-0.2, -0.15) is 0 Å². The summed E-state index contributed by atoms with van der Waals surface area (Å²) in [7, 11) is 0. The summed E-state index contributed by atoms with van der Waals surface area (Å²) in [6.07, 6.45) is -4.79. The maximum atomic E-state index is 10.3. The minimum absolute atomic E-state index is 0.115. The normalized spacial score (nSPS) is 31.1. The second-order valence-corrected chi connectivity index (χ2v) is 6.81. The molecular weight excluding hydrogens is 368 g/mol. The molecule has 6 atom stereocenters. The number of benzene rings is 2. The lowest BCUT2D eigenvalue weighted by Gasteiger charge is -2.28.